The zero-order valence-electron chi connectivity index (χ0n) is 6.74. The number of nitrogens with two attached hydrogens (primary N) is 1. The van der Waals surface area contributed by atoms with Crippen LogP contribution < -0.4 is 5.73 Å². The molecule has 1 nitrogen and oxygen atoms in total. The standard InChI is InChI=1S/C9H8BrNS2/c10-6-4-8(13-5-6)9(11)7-2-1-3-12-7/h1-5,9H,11H2/t9-/m0/s1. The van der Waals surface area contributed by atoms with Crippen molar-refractivity contribution in [2.45, 2.75) is 6.04 Å². The van der Waals surface area contributed by atoms with Crippen LogP contribution in [-0.4, -0.2) is 0 Å². The Morgan fingerprint density at radius 2 is 2.15 bits per heavy atom. The molecule has 0 unspecified atom stereocenters. The normalized spacial score (nSPS) is 13.1. The van der Waals surface area contributed by atoms with Crippen molar-refractivity contribution in [2.24, 2.45) is 5.73 Å². The molecule has 2 rings (SSSR count). The van der Waals surface area contributed by atoms with Crippen LogP contribution in [0.2, 0.25) is 0 Å². The summed E-state index contributed by atoms with van der Waals surface area (Å²) in [6, 6.07) is 6.22. The fraction of sp³-hybridized carbons (Fsp3) is 0.111. The minimum absolute atomic E-state index is 0.0382. The van der Waals surface area contributed by atoms with Gasteiger partial charge in [0.1, 0.15) is 0 Å². The molecular formula is C9H8BrNS2. The molecule has 68 valence electrons. The Kier molecular flexibility index (Phi) is 2.83. The second-order valence-corrected chi connectivity index (χ2v) is 5.50. The lowest BCUT2D eigenvalue weighted by Gasteiger charge is -2.05. The molecule has 13 heavy (non-hydrogen) atoms. The smallest absolute Gasteiger partial charge is 0.0740 e. The van der Waals surface area contributed by atoms with Crippen molar-refractivity contribution in [1.82, 2.24) is 0 Å². The molecule has 0 radical (unpaired) electrons. The SMILES string of the molecule is N[C@@H](c1cccs1)c1cc(Br)cs1. The molecular weight excluding hydrogens is 266 g/mol. The fourth-order valence-corrected chi connectivity index (χ4v) is 3.38. The molecule has 0 fully saturated rings. The summed E-state index contributed by atoms with van der Waals surface area (Å²) < 4.78 is 1.11. The van der Waals surface area contributed by atoms with Crippen molar-refractivity contribution in [1.29, 1.82) is 0 Å². The highest BCUT2D eigenvalue weighted by Crippen LogP contribution is 2.30. The lowest BCUT2D eigenvalue weighted by atomic mass is 10.2. The maximum absolute atomic E-state index is 6.07. The van der Waals surface area contributed by atoms with Crippen LogP contribution >= 0.6 is 38.6 Å². The second-order valence-electron chi connectivity index (χ2n) is 2.66. The van der Waals surface area contributed by atoms with Gasteiger partial charge in [-0.2, -0.15) is 0 Å². The first-order valence-corrected chi connectivity index (χ1v) is 6.35. The number of hydrogen-bond acceptors (Lipinski definition) is 3. The molecule has 1 atom stereocenters. The van der Waals surface area contributed by atoms with Gasteiger partial charge in [-0.3, -0.25) is 0 Å². The van der Waals surface area contributed by atoms with Crippen LogP contribution in [0.4, 0.5) is 0 Å². The number of hydrogen-bond donors (Lipinski definition) is 1. The van der Waals surface area contributed by atoms with Gasteiger partial charge in [-0.15, -0.1) is 22.7 Å². The van der Waals surface area contributed by atoms with Crippen LogP contribution in [0.1, 0.15) is 15.8 Å². The average Bonchev–Trinajstić information content (AvgIpc) is 2.72. The van der Waals surface area contributed by atoms with Crippen molar-refractivity contribution < 1.29 is 0 Å². The molecule has 0 aliphatic carbocycles. The summed E-state index contributed by atoms with van der Waals surface area (Å²) in [4.78, 5) is 2.42. The molecule has 0 bridgehead atoms. The summed E-state index contributed by atoms with van der Waals surface area (Å²) >= 11 is 6.81. The van der Waals surface area contributed by atoms with Crippen LogP contribution in [0, 0.1) is 0 Å². The van der Waals surface area contributed by atoms with Gasteiger partial charge in [0.05, 0.1) is 6.04 Å². The van der Waals surface area contributed by atoms with Crippen molar-refractivity contribution in [2.75, 3.05) is 0 Å². The monoisotopic (exact) mass is 273 g/mol. The average molecular weight is 274 g/mol. The van der Waals surface area contributed by atoms with E-state index < -0.39 is 0 Å². The van der Waals surface area contributed by atoms with Crippen LogP contribution in [-0.2, 0) is 0 Å². The number of thiophene rings is 2. The molecule has 2 heterocycles. The van der Waals surface area contributed by atoms with Gasteiger partial charge >= 0.3 is 0 Å². The third-order valence-corrected chi connectivity index (χ3v) is 4.48. The Morgan fingerprint density at radius 3 is 2.69 bits per heavy atom. The highest BCUT2D eigenvalue weighted by molar-refractivity contribution is 9.10. The van der Waals surface area contributed by atoms with Gasteiger partial charge in [-0.25, -0.2) is 0 Å². The van der Waals surface area contributed by atoms with Gasteiger partial charge < -0.3 is 5.73 Å². The Balaban J connectivity index is 2.28. The summed E-state index contributed by atoms with van der Waals surface area (Å²) in [6.45, 7) is 0. The predicted molar refractivity (Wildman–Crippen MR) is 62.4 cm³/mol. The molecule has 0 aliphatic rings. The Bertz CT molecular complexity index is 380. The highest BCUT2D eigenvalue weighted by atomic mass is 79.9. The Hall–Kier alpha value is -0.160. The summed E-state index contributed by atoms with van der Waals surface area (Å²) in [5, 5.41) is 4.11. The van der Waals surface area contributed by atoms with Gasteiger partial charge in [0, 0.05) is 19.6 Å². The topological polar surface area (TPSA) is 26.0 Å². The lowest BCUT2D eigenvalue weighted by Crippen LogP contribution is -2.07. The zero-order valence-corrected chi connectivity index (χ0v) is 9.95. The van der Waals surface area contributed by atoms with Crippen molar-refractivity contribution in [3.8, 4) is 0 Å². The quantitative estimate of drug-likeness (QED) is 0.889. The van der Waals surface area contributed by atoms with E-state index in [1.807, 2.05) is 6.07 Å². The minimum atomic E-state index is 0.0382. The van der Waals surface area contributed by atoms with Gasteiger partial charge in [0.25, 0.3) is 0 Å². The second kappa shape index (κ2) is 3.92. The molecule has 0 aromatic carbocycles. The summed E-state index contributed by atoms with van der Waals surface area (Å²) in [5.74, 6) is 0. The van der Waals surface area contributed by atoms with E-state index in [-0.39, 0.29) is 6.04 Å². The molecule has 2 aromatic rings. The maximum Gasteiger partial charge on any atom is 0.0740 e. The highest BCUT2D eigenvalue weighted by Gasteiger charge is 2.11. The molecule has 0 saturated heterocycles. The van der Waals surface area contributed by atoms with Crippen LogP contribution in [0.15, 0.2) is 33.4 Å². The minimum Gasteiger partial charge on any atom is -0.319 e. The maximum atomic E-state index is 6.07. The zero-order chi connectivity index (χ0) is 9.26. The van der Waals surface area contributed by atoms with E-state index in [1.54, 1.807) is 22.7 Å². The fourth-order valence-electron chi connectivity index (χ4n) is 1.10. The van der Waals surface area contributed by atoms with Crippen LogP contribution in [0.25, 0.3) is 0 Å². The Morgan fingerprint density at radius 1 is 1.31 bits per heavy atom. The summed E-state index contributed by atoms with van der Waals surface area (Å²) in [7, 11) is 0. The number of halogens is 1. The molecule has 0 aliphatic heterocycles. The van der Waals surface area contributed by atoms with Crippen molar-refractivity contribution >= 4 is 38.6 Å². The van der Waals surface area contributed by atoms with E-state index in [9.17, 15) is 0 Å². The molecule has 0 amide bonds. The first-order valence-electron chi connectivity index (χ1n) is 3.80. The number of rotatable bonds is 2. The lowest BCUT2D eigenvalue weighted by molar-refractivity contribution is 0.917. The first kappa shape index (κ1) is 9.40. The third-order valence-electron chi connectivity index (χ3n) is 1.74. The van der Waals surface area contributed by atoms with E-state index in [0.717, 1.165) is 4.47 Å². The largest absolute Gasteiger partial charge is 0.319 e. The van der Waals surface area contributed by atoms with Crippen molar-refractivity contribution in [3.63, 3.8) is 0 Å². The van der Waals surface area contributed by atoms with Crippen LogP contribution in [0.3, 0.4) is 0 Å². The van der Waals surface area contributed by atoms with Gasteiger partial charge in [-0.1, -0.05) is 6.07 Å². The van der Waals surface area contributed by atoms with E-state index in [2.05, 4.69) is 38.8 Å². The third kappa shape index (κ3) is 2.02. The van der Waals surface area contributed by atoms with E-state index in [4.69, 9.17) is 5.73 Å². The van der Waals surface area contributed by atoms with Crippen LogP contribution in [0.5, 0.6) is 0 Å². The van der Waals surface area contributed by atoms with Gasteiger partial charge in [0.2, 0.25) is 0 Å². The molecule has 0 spiro atoms. The van der Waals surface area contributed by atoms with Crippen molar-refractivity contribution in [3.05, 3.63) is 43.2 Å². The van der Waals surface area contributed by atoms with E-state index in [1.165, 1.54) is 9.75 Å². The molecule has 2 aromatic heterocycles. The van der Waals surface area contributed by atoms with Gasteiger partial charge in [0.15, 0.2) is 0 Å². The molecule has 2 N–H and O–H groups in total. The predicted octanol–water partition coefficient (Wildman–Crippen LogP) is 3.62. The first-order chi connectivity index (χ1) is 6.27. The van der Waals surface area contributed by atoms with E-state index >= 15 is 0 Å². The Labute approximate surface area is 93.3 Å². The summed E-state index contributed by atoms with van der Waals surface area (Å²) in [6.07, 6.45) is 0. The molecule has 0 saturated carbocycles. The van der Waals surface area contributed by atoms with Gasteiger partial charge in [-0.05, 0) is 33.4 Å². The molecule has 4 heteroatoms. The summed E-state index contributed by atoms with van der Waals surface area (Å²) in [5.41, 5.74) is 6.07. The van der Waals surface area contributed by atoms with E-state index in [0.29, 0.717) is 0 Å².